The first-order valence-corrected chi connectivity index (χ1v) is 6.74. The van der Waals surface area contributed by atoms with Crippen LogP contribution in [0, 0.1) is 0 Å². The van der Waals surface area contributed by atoms with Gasteiger partial charge in [-0.25, -0.2) is 0 Å². The van der Waals surface area contributed by atoms with Crippen LogP contribution in [0.4, 0.5) is 0 Å². The zero-order chi connectivity index (χ0) is 13.8. The molecule has 100 valence electrons. The Morgan fingerprint density at radius 1 is 1.00 bits per heavy atom. The second-order valence-corrected chi connectivity index (χ2v) is 6.80. The fraction of sp³-hybridized carbons (Fsp3) is 0.529. The second kappa shape index (κ2) is 5.71. The Morgan fingerprint density at radius 2 is 1.56 bits per heavy atom. The molecule has 1 rings (SSSR count). The van der Waals surface area contributed by atoms with Crippen LogP contribution in [-0.4, -0.2) is 5.54 Å². The molecular weight excluding hydrogens is 218 g/mol. The van der Waals surface area contributed by atoms with Crippen molar-refractivity contribution >= 4 is 6.08 Å². The van der Waals surface area contributed by atoms with Gasteiger partial charge in [0.1, 0.15) is 0 Å². The summed E-state index contributed by atoms with van der Waals surface area (Å²) in [6.45, 7) is 10.8. The second-order valence-electron chi connectivity index (χ2n) is 6.80. The highest BCUT2D eigenvalue weighted by atomic mass is 14.7. The average molecular weight is 245 g/mol. The van der Waals surface area contributed by atoms with Gasteiger partial charge in [0.15, 0.2) is 0 Å². The lowest BCUT2D eigenvalue weighted by Gasteiger charge is -2.18. The zero-order valence-corrected chi connectivity index (χ0v) is 12.5. The molecule has 1 aromatic rings. The standard InChI is InChI=1S/C17H27N/c1-16(2,3)15-11-9-14(10-12-15)8-6-7-13-17(4,5)18/h6,8-12H,7,13,18H2,1-5H3/b8-6+. The van der Waals surface area contributed by atoms with Gasteiger partial charge in [0, 0.05) is 5.54 Å². The molecule has 0 saturated heterocycles. The summed E-state index contributed by atoms with van der Waals surface area (Å²) in [5, 5.41) is 0. The Labute approximate surface area is 112 Å². The maximum absolute atomic E-state index is 5.95. The molecule has 18 heavy (non-hydrogen) atoms. The number of hydrogen-bond donors (Lipinski definition) is 1. The Morgan fingerprint density at radius 3 is 2.00 bits per heavy atom. The summed E-state index contributed by atoms with van der Waals surface area (Å²) in [4.78, 5) is 0. The van der Waals surface area contributed by atoms with Crippen molar-refractivity contribution < 1.29 is 0 Å². The monoisotopic (exact) mass is 245 g/mol. The third-order valence-electron chi connectivity index (χ3n) is 3.04. The summed E-state index contributed by atoms with van der Waals surface area (Å²) in [6, 6.07) is 8.80. The largest absolute Gasteiger partial charge is 0.326 e. The summed E-state index contributed by atoms with van der Waals surface area (Å²) in [6.07, 6.45) is 6.44. The van der Waals surface area contributed by atoms with E-state index < -0.39 is 0 Å². The van der Waals surface area contributed by atoms with Gasteiger partial charge in [0.2, 0.25) is 0 Å². The highest BCUT2D eigenvalue weighted by Gasteiger charge is 2.12. The van der Waals surface area contributed by atoms with Gasteiger partial charge in [0.05, 0.1) is 0 Å². The molecule has 0 spiro atoms. The predicted molar refractivity (Wildman–Crippen MR) is 81.7 cm³/mol. The van der Waals surface area contributed by atoms with Crippen molar-refractivity contribution in [3.8, 4) is 0 Å². The van der Waals surface area contributed by atoms with Crippen molar-refractivity contribution in [1.82, 2.24) is 0 Å². The van der Waals surface area contributed by atoms with Gasteiger partial charge in [-0.15, -0.1) is 0 Å². The van der Waals surface area contributed by atoms with Gasteiger partial charge in [-0.1, -0.05) is 57.2 Å². The smallest absolute Gasteiger partial charge is 0.01000 e. The van der Waals surface area contributed by atoms with Gasteiger partial charge >= 0.3 is 0 Å². The SMILES string of the molecule is CC(C)(N)CC/C=C/c1ccc(C(C)(C)C)cc1. The topological polar surface area (TPSA) is 26.0 Å². The van der Waals surface area contributed by atoms with Crippen molar-refractivity contribution in [2.45, 2.75) is 58.4 Å². The Bertz CT molecular complexity index is 385. The third-order valence-corrected chi connectivity index (χ3v) is 3.04. The molecule has 1 heteroatoms. The minimum absolute atomic E-state index is 0.0690. The van der Waals surface area contributed by atoms with E-state index in [9.17, 15) is 0 Å². The molecule has 0 atom stereocenters. The number of allylic oxidation sites excluding steroid dienone is 1. The van der Waals surface area contributed by atoms with Crippen LogP contribution in [0.2, 0.25) is 0 Å². The fourth-order valence-electron chi connectivity index (χ4n) is 1.77. The summed E-state index contributed by atoms with van der Waals surface area (Å²) < 4.78 is 0. The summed E-state index contributed by atoms with van der Waals surface area (Å²) in [7, 11) is 0. The van der Waals surface area contributed by atoms with E-state index in [1.54, 1.807) is 0 Å². The molecule has 0 unspecified atom stereocenters. The van der Waals surface area contributed by atoms with E-state index >= 15 is 0 Å². The predicted octanol–water partition coefficient (Wildman–Crippen LogP) is 4.51. The highest BCUT2D eigenvalue weighted by Crippen LogP contribution is 2.22. The maximum atomic E-state index is 5.95. The lowest BCUT2D eigenvalue weighted by Crippen LogP contribution is -2.31. The van der Waals surface area contributed by atoms with E-state index in [1.807, 2.05) is 0 Å². The van der Waals surface area contributed by atoms with Gasteiger partial charge in [0.25, 0.3) is 0 Å². The molecule has 0 aromatic heterocycles. The normalized spacial score (nSPS) is 13.2. The van der Waals surface area contributed by atoms with Gasteiger partial charge in [-0.3, -0.25) is 0 Å². The van der Waals surface area contributed by atoms with Crippen LogP contribution in [-0.2, 0) is 5.41 Å². The molecule has 2 N–H and O–H groups in total. The molecule has 0 fully saturated rings. The van der Waals surface area contributed by atoms with Gasteiger partial charge < -0.3 is 5.73 Å². The van der Waals surface area contributed by atoms with Gasteiger partial charge in [-0.05, 0) is 43.2 Å². The zero-order valence-electron chi connectivity index (χ0n) is 12.5. The van der Waals surface area contributed by atoms with Crippen molar-refractivity contribution in [3.63, 3.8) is 0 Å². The maximum Gasteiger partial charge on any atom is 0.01000 e. The van der Waals surface area contributed by atoms with Crippen molar-refractivity contribution in [2.75, 3.05) is 0 Å². The Kier molecular flexibility index (Phi) is 4.75. The van der Waals surface area contributed by atoms with Gasteiger partial charge in [-0.2, -0.15) is 0 Å². The van der Waals surface area contributed by atoms with E-state index in [0.29, 0.717) is 0 Å². The molecule has 0 amide bonds. The Balaban J connectivity index is 2.57. The number of rotatable bonds is 4. The molecule has 0 aliphatic rings. The molecule has 0 radical (unpaired) electrons. The lowest BCUT2D eigenvalue weighted by atomic mass is 9.87. The summed E-state index contributed by atoms with van der Waals surface area (Å²) in [5.41, 5.74) is 8.75. The minimum Gasteiger partial charge on any atom is -0.326 e. The van der Waals surface area contributed by atoms with Crippen molar-refractivity contribution in [1.29, 1.82) is 0 Å². The number of hydrogen-bond acceptors (Lipinski definition) is 1. The number of benzene rings is 1. The van der Waals surface area contributed by atoms with Crippen LogP contribution in [0.15, 0.2) is 30.3 Å². The quantitative estimate of drug-likeness (QED) is 0.829. The molecule has 1 nitrogen and oxygen atoms in total. The molecule has 1 aromatic carbocycles. The van der Waals surface area contributed by atoms with Crippen molar-refractivity contribution in [3.05, 3.63) is 41.5 Å². The van der Waals surface area contributed by atoms with E-state index in [1.165, 1.54) is 11.1 Å². The van der Waals surface area contributed by atoms with E-state index in [4.69, 9.17) is 5.73 Å². The third kappa shape index (κ3) is 5.50. The highest BCUT2D eigenvalue weighted by molar-refractivity contribution is 5.50. The van der Waals surface area contributed by atoms with Crippen LogP contribution >= 0.6 is 0 Å². The van der Waals surface area contributed by atoms with Crippen LogP contribution < -0.4 is 5.73 Å². The van der Waals surface area contributed by atoms with E-state index in [0.717, 1.165) is 12.8 Å². The molecule has 0 bridgehead atoms. The first kappa shape index (κ1) is 15.0. The van der Waals surface area contributed by atoms with E-state index in [2.05, 4.69) is 71.0 Å². The molecule has 0 saturated carbocycles. The molecular formula is C17H27N. The molecule has 0 aliphatic heterocycles. The minimum atomic E-state index is -0.0690. The lowest BCUT2D eigenvalue weighted by molar-refractivity contribution is 0.482. The molecule has 0 aliphatic carbocycles. The van der Waals surface area contributed by atoms with Crippen LogP contribution in [0.3, 0.4) is 0 Å². The van der Waals surface area contributed by atoms with Crippen LogP contribution in [0.25, 0.3) is 6.08 Å². The van der Waals surface area contributed by atoms with E-state index in [-0.39, 0.29) is 11.0 Å². The fourth-order valence-corrected chi connectivity index (χ4v) is 1.77. The summed E-state index contributed by atoms with van der Waals surface area (Å²) >= 11 is 0. The van der Waals surface area contributed by atoms with Crippen LogP contribution in [0.1, 0.15) is 58.6 Å². The van der Waals surface area contributed by atoms with Crippen molar-refractivity contribution in [2.24, 2.45) is 5.73 Å². The number of nitrogens with two attached hydrogens (primary N) is 1. The average Bonchev–Trinajstić information content (AvgIpc) is 2.22. The first-order valence-electron chi connectivity index (χ1n) is 6.74. The van der Waals surface area contributed by atoms with Crippen LogP contribution in [0.5, 0.6) is 0 Å². The summed E-state index contributed by atoms with van der Waals surface area (Å²) in [5.74, 6) is 0. The Hall–Kier alpha value is -1.08. The first-order chi connectivity index (χ1) is 8.18. The molecule has 0 heterocycles.